The Labute approximate surface area is 136 Å². The SMILES string of the molecule is CCn1nccc1CN1CCC(OCc2ccc(F)cc2)CC1. The molecule has 0 radical (unpaired) electrons. The standard InChI is InChI=1S/C18H24FN3O/c1-2-22-17(7-10-20-22)13-21-11-8-18(9-12-21)23-14-15-3-5-16(19)6-4-15/h3-7,10,18H,2,8-9,11-14H2,1H3. The number of hydrogen-bond donors (Lipinski definition) is 0. The smallest absolute Gasteiger partial charge is 0.123 e. The Balaban J connectivity index is 1.42. The van der Waals surface area contributed by atoms with Crippen LogP contribution in [0, 0.1) is 5.82 Å². The summed E-state index contributed by atoms with van der Waals surface area (Å²) < 4.78 is 20.9. The molecule has 0 aliphatic carbocycles. The first-order valence-electron chi connectivity index (χ1n) is 8.33. The first-order valence-corrected chi connectivity index (χ1v) is 8.33. The number of piperidine rings is 1. The third-order valence-corrected chi connectivity index (χ3v) is 4.42. The Morgan fingerprint density at radius 2 is 1.91 bits per heavy atom. The van der Waals surface area contributed by atoms with Gasteiger partial charge in [0.1, 0.15) is 5.82 Å². The summed E-state index contributed by atoms with van der Waals surface area (Å²) in [5.74, 6) is -0.201. The number of hydrogen-bond acceptors (Lipinski definition) is 3. The van der Waals surface area contributed by atoms with Crippen molar-refractivity contribution in [3.05, 3.63) is 53.6 Å². The van der Waals surface area contributed by atoms with Crippen LogP contribution in [0.2, 0.25) is 0 Å². The Morgan fingerprint density at radius 1 is 1.17 bits per heavy atom. The average Bonchev–Trinajstić information content (AvgIpc) is 3.03. The number of aromatic nitrogens is 2. The molecular weight excluding hydrogens is 293 g/mol. The van der Waals surface area contributed by atoms with E-state index in [0.29, 0.717) is 12.7 Å². The highest BCUT2D eigenvalue weighted by molar-refractivity contribution is 5.15. The molecule has 1 aromatic carbocycles. The maximum atomic E-state index is 12.9. The minimum atomic E-state index is -0.201. The van der Waals surface area contributed by atoms with Crippen molar-refractivity contribution in [2.45, 2.75) is 45.6 Å². The number of nitrogens with zero attached hydrogens (tertiary/aromatic N) is 3. The van der Waals surface area contributed by atoms with Gasteiger partial charge in [0.05, 0.1) is 18.4 Å². The van der Waals surface area contributed by atoms with Gasteiger partial charge in [0.2, 0.25) is 0 Å². The first kappa shape index (κ1) is 16.1. The third-order valence-electron chi connectivity index (χ3n) is 4.42. The van der Waals surface area contributed by atoms with Crippen LogP contribution in [0.15, 0.2) is 36.5 Å². The highest BCUT2D eigenvalue weighted by Crippen LogP contribution is 2.18. The van der Waals surface area contributed by atoms with Crippen molar-refractivity contribution in [1.29, 1.82) is 0 Å². The fourth-order valence-electron chi connectivity index (χ4n) is 3.04. The molecule has 0 amide bonds. The maximum absolute atomic E-state index is 12.9. The van der Waals surface area contributed by atoms with Crippen LogP contribution >= 0.6 is 0 Å². The van der Waals surface area contributed by atoms with Gasteiger partial charge in [-0.3, -0.25) is 9.58 Å². The molecule has 2 heterocycles. The Kier molecular flexibility index (Phi) is 5.41. The van der Waals surface area contributed by atoms with Crippen LogP contribution in [-0.2, 0) is 24.4 Å². The molecule has 0 unspecified atom stereocenters. The summed E-state index contributed by atoms with van der Waals surface area (Å²) in [6.45, 7) is 6.64. The maximum Gasteiger partial charge on any atom is 0.123 e. The summed E-state index contributed by atoms with van der Waals surface area (Å²) >= 11 is 0. The molecule has 124 valence electrons. The van der Waals surface area contributed by atoms with Gasteiger partial charge in [0.15, 0.2) is 0 Å². The van der Waals surface area contributed by atoms with E-state index in [0.717, 1.165) is 44.6 Å². The number of aryl methyl sites for hydroxylation is 1. The molecule has 3 rings (SSSR count). The predicted molar refractivity (Wildman–Crippen MR) is 87.4 cm³/mol. The molecule has 23 heavy (non-hydrogen) atoms. The fraction of sp³-hybridized carbons (Fsp3) is 0.500. The van der Waals surface area contributed by atoms with E-state index in [1.165, 1.54) is 17.8 Å². The van der Waals surface area contributed by atoms with Crippen LogP contribution in [0.3, 0.4) is 0 Å². The lowest BCUT2D eigenvalue weighted by atomic mass is 10.1. The van der Waals surface area contributed by atoms with Crippen molar-refractivity contribution in [2.24, 2.45) is 0 Å². The van der Waals surface area contributed by atoms with E-state index in [4.69, 9.17) is 4.74 Å². The molecule has 0 N–H and O–H groups in total. The number of benzene rings is 1. The van der Waals surface area contributed by atoms with Gasteiger partial charge in [-0.25, -0.2) is 4.39 Å². The lowest BCUT2D eigenvalue weighted by Gasteiger charge is -2.31. The second-order valence-electron chi connectivity index (χ2n) is 6.05. The normalized spacial score (nSPS) is 16.8. The van der Waals surface area contributed by atoms with Crippen molar-refractivity contribution in [1.82, 2.24) is 14.7 Å². The lowest BCUT2D eigenvalue weighted by molar-refractivity contribution is -0.00437. The summed E-state index contributed by atoms with van der Waals surface area (Å²) in [6, 6.07) is 8.64. The Hall–Kier alpha value is -1.72. The van der Waals surface area contributed by atoms with Crippen LogP contribution in [0.5, 0.6) is 0 Å². The molecule has 0 spiro atoms. The molecule has 1 saturated heterocycles. The second-order valence-corrected chi connectivity index (χ2v) is 6.05. The highest BCUT2D eigenvalue weighted by Gasteiger charge is 2.20. The molecule has 5 heteroatoms. The molecule has 1 aliphatic rings. The van der Waals surface area contributed by atoms with Gasteiger partial charge in [0, 0.05) is 32.4 Å². The van der Waals surface area contributed by atoms with Gasteiger partial charge in [-0.15, -0.1) is 0 Å². The van der Waals surface area contributed by atoms with Crippen molar-refractivity contribution < 1.29 is 9.13 Å². The number of likely N-dealkylation sites (tertiary alicyclic amines) is 1. The van der Waals surface area contributed by atoms with E-state index >= 15 is 0 Å². The first-order chi connectivity index (χ1) is 11.2. The molecule has 0 atom stereocenters. The second kappa shape index (κ2) is 7.70. The highest BCUT2D eigenvalue weighted by atomic mass is 19.1. The minimum absolute atomic E-state index is 0.201. The van der Waals surface area contributed by atoms with E-state index in [-0.39, 0.29) is 5.82 Å². The number of halogens is 1. The zero-order valence-corrected chi connectivity index (χ0v) is 13.6. The van der Waals surface area contributed by atoms with Crippen molar-refractivity contribution in [2.75, 3.05) is 13.1 Å². The zero-order chi connectivity index (χ0) is 16.1. The largest absolute Gasteiger partial charge is 0.373 e. The van der Waals surface area contributed by atoms with Gasteiger partial charge >= 0.3 is 0 Å². The van der Waals surface area contributed by atoms with Crippen LogP contribution < -0.4 is 0 Å². The molecule has 2 aromatic rings. The molecular formula is C18H24FN3O. The average molecular weight is 317 g/mol. The van der Waals surface area contributed by atoms with Crippen LogP contribution in [0.4, 0.5) is 4.39 Å². The summed E-state index contributed by atoms with van der Waals surface area (Å²) in [4.78, 5) is 2.46. The number of rotatable bonds is 6. The van der Waals surface area contributed by atoms with Gasteiger partial charge in [-0.1, -0.05) is 12.1 Å². The Bertz CT molecular complexity index is 603. The lowest BCUT2D eigenvalue weighted by Crippen LogP contribution is -2.37. The summed E-state index contributed by atoms with van der Waals surface area (Å²) in [5.41, 5.74) is 2.30. The summed E-state index contributed by atoms with van der Waals surface area (Å²) in [6.07, 6.45) is 4.26. The monoisotopic (exact) mass is 317 g/mol. The molecule has 4 nitrogen and oxygen atoms in total. The van der Waals surface area contributed by atoms with Crippen LogP contribution in [0.25, 0.3) is 0 Å². The van der Waals surface area contributed by atoms with Crippen molar-refractivity contribution in [3.63, 3.8) is 0 Å². The van der Waals surface area contributed by atoms with Gasteiger partial charge in [-0.05, 0) is 43.5 Å². The van der Waals surface area contributed by atoms with Gasteiger partial charge < -0.3 is 4.74 Å². The van der Waals surface area contributed by atoms with E-state index in [2.05, 4.69) is 27.7 Å². The van der Waals surface area contributed by atoms with E-state index in [1.807, 2.05) is 6.20 Å². The summed E-state index contributed by atoms with van der Waals surface area (Å²) in [7, 11) is 0. The van der Waals surface area contributed by atoms with Gasteiger partial charge in [0.25, 0.3) is 0 Å². The molecule has 0 saturated carbocycles. The molecule has 0 bridgehead atoms. The minimum Gasteiger partial charge on any atom is -0.373 e. The molecule has 1 fully saturated rings. The zero-order valence-electron chi connectivity index (χ0n) is 13.6. The van der Waals surface area contributed by atoms with E-state index in [1.54, 1.807) is 12.1 Å². The van der Waals surface area contributed by atoms with Gasteiger partial charge in [-0.2, -0.15) is 5.10 Å². The quantitative estimate of drug-likeness (QED) is 0.819. The number of ether oxygens (including phenoxy) is 1. The van der Waals surface area contributed by atoms with Crippen molar-refractivity contribution >= 4 is 0 Å². The fourth-order valence-corrected chi connectivity index (χ4v) is 3.04. The Morgan fingerprint density at radius 3 is 2.61 bits per heavy atom. The summed E-state index contributed by atoms with van der Waals surface area (Å²) in [5, 5.41) is 4.32. The third kappa shape index (κ3) is 4.39. The van der Waals surface area contributed by atoms with Crippen LogP contribution in [-0.4, -0.2) is 33.9 Å². The predicted octanol–water partition coefficient (Wildman–Crippen LogP) is 3.22. The van der Waals surface area contributed by atoms with E-state index in [9.17, 15) is 4.39 Å². The molecule has 1 aliphatic heterocycles. The van der Waals surface area contributed by atoms with Crippen molar-refractivity contribution in [3.8, 4) is 0 Å². The van der Waals surface area contributed by atoms with E-state index < -0.39 is 0 Å². The topological polar surface area (TPSA) is 30.3 Å². The molecule has 1 aromatic heterocycles. The van der Waals surface area contributed by atoms with Crippen LogP contribution in [0.1, 0.15) is 31.0 Å².